The predicted molar refractivity (Wildman–Crippen MR) is 78.9 cm³/mol. The van der Waals surface area contributed by atoms with Crippen molar-refractivity contribution in [1.82, 2.24) is 4.90 Å². The number of hydrogen-bond acceptors (Lipinski definition) is 1. The van der Waals surface area contributed by atoms with Crippen LogP contribution >= 0.6 is 15.9 Å². The van der Waals surface area contributed by atoms with Crippen molar-refractivity contribution in [3.05, 3.63) is 0 Å². The van der Waals surface area contributed by atoms with E-state index in [9.17, 15) is 4.79 Å². The summed E-state index contributed by atoms with van der Waals surface area (Å²) in [4.78, 5) is 14.2. The van der Waals surface area contributed by atoms with Crippen molar-refractivity contribution in [2.24, 2.45) is 11.3 Å². The average molecular weight is 316 g/mol. The minimum atomic E-state index is 0.356. The van der Waals surface area contributed by atoms with Gasteiger partial charge in [0.1, 0.15) is 0 Å². The molecule has 0 N–H and O–H groups in total. The first-order chi connectivity index (χ1) is 8.69. The summed E-state index contributed by atoms with van der Waals surface area (Å²) in [7, 11) is 0. The maximum absolute atomic E-state index is 12.1. The van der Waals surface area contributed by atoms with E-state index in [1.807, 2.05) is 0 Å². The molecule has 104 valence electrons. The highest BCUT2D eigenvalue weighted by Crippen LogP contribution is 2.38. The average Bonchev–Trinajstić information content (AvgIpc) is 2.60. The molecule has 2 fully saturated rings. The van der Waals surface area contributed by atoms with Crippen LogP contribution in [-0.4, -0.2) is 29.2 Å². The summed E-state index contributed by atoms with van der Waals surface area (Å²) in [5.74, 6) is 1.00. The Balaban J connectivity index is 1.99. The lowest BCUT2D eigenvalue weighted by atomic mass is 9.82. The number of halogens is 1. The van der Waals surface area contributed by atoms with Crippen molar-refractivity contribution in [1.29, 1.82) is 0 Å². The van der Waals surface area contributed by atoms with Crippen LogP contribution in [0.1, 0.15) is 58.3 Å². The van der Waals surface area contributed by atoms with Crippen LogP contribution in [0.25, 0.3) is 0 Å². The summed E-state index contributed by atoms with van der Waals surface area (Å²) in [6.07, 6.45) is 9.94. The van der Waals surface area contributed by atoms with Crippen LogP contribution in [0.2, 0.25) is 0 Å². The fourth-order valence-electron chi connectivity index (χ4n) is 3.50. The van der Waals surface area contributed by atoms with Gasteiger partial charge in [-0.1, -0.05) is 55.0 Å². The van der Waals surface area contributed by atoms with Gasteiger partial charge >= 0.3 is 0 Å². The van der Waals surface area contributed by atoms with Crippen molar-refractivity contribution < 1.29 is 4.79 Å². The van der Waals surface area contributed by atoms with E-state index in [0.29, 0.717) is 17.2 Å². The number of hydrogen-bond donors (Lipinski definition) is 0. The van der Waals surface area contributed by atoms with Gasteiger partial charge in [-0.2, -0.15) is 0 Å². The van der Waals surface area contributed by atoms with Crippen LogP contribution in [0, 0.1) is 11.3 Å². The van der Waals surface area contributed by atoms with E-state index in [4.69, 9.17) is 0 Å². The first-order valence-electron chi connectivity index (χ1n) is 7.53. The van der Waals surface area contributed by atoms with E-state index >= 15 is 0 Å². The van der Waals surface area contributed by atoms with Gasteiger partial charge in [-0.05, 0) is 24.2 Å². The minimum absolute atomic E-state index is 0.356. The van der Waals surface area contributed by atoms with Gasteiger partial charge < -0.3 is 4.90 Å². The number of rotatable bonds is 4. The second-order valence-corrected chi connectivity index (χ2v) is 6.86. The largest absolute Gasteiger partial charge is 0.342 e. The zero-order chi connectivity index (χ0) is 13.0. The second-order valence-electron chi connectivity index (χ2n) is 6.30. The van der Waals surface area contributed by atoms with Gasteiger partial charge in [0.15, 0.2) is 0 Å². The van der Waals surface area contributed by atoms with E-state index < -0.39 is 0 Å². The van der Waals surface area contributed by atoms with Crippen LogP contribution in [0.5, 0.6) is 0 Å². The van der Waals surface area contributed by atoms with Gasteiger partial charge in [-0.3, -0.25) is 4.79 Å². The van der Waals surface area contributed by atoms with Gasteiger partial charge in [-0.15, -0.1) is 0 Å². The Morgan fingerprint density at radius 1 is 1.28 bits per heavy atom. The Kier molecular flexibility index (Phi) is 5.11. The van der Waals surface area contributed by atoms with Crippen LogP contribution in [0.3, 0.4) is 0 Å². The lowest BCUT2D eigenvalue weighted by Crippen LogP contribution is -2.39. The second kappa shape index (κ2) is 6.40. The highest BCUT2D eigenvalue weighted by atomic mass is 79.9. The molecule has 0 radical (unpaired) electrons. The Morgan fingerprint density at radius 3 is 2.44 bits per heavy atom. The third kappa shape index (κ3) is 3.28. The van der Waals surface area contributed by atoms with Crippen molar-refractivity contribution in [2.45, 2.75) is 58.3 Å². The lowest BCUT2D eigenvalue weighted by Gasteiger charge is -2.35. The van der Waals surface area contributed by atoms with Crippen LogP contribution < -0.4 is 0 Å². The van der Waals surface area contributed by atoms with E-state index in [2.05, 4.69) is 27.8 Å². The maximum Gasteiger partial charge on any atom is 0.222 e. The standard InChI is InChI=1S/C15H26BrNO/c1-2-13-9-14(18)17(10-13)12-15(11-16)7-5-3-4-6-8-15/h13H,2-12H2,1H3. The zero-order valence-corrected chi connectivity index (χ0v) is 13.2. The molecule has 0 aromatic carbocycles. The van der Waals surface area contributed by atoms with Gasteiger partial charge in [-0.25, -0.2) is 0 Å². The molecule has 1 heterocycles. The molecule has 1 atom stereocenters. The van der Waals surface area contributed by atoms with Gasteiger partial charge in [0.05, 0.1) is 0 Å². The van der Waals surface area contributed by atoms with E-state index in [0.717, 1.165) is 31.3 Å². The Labute approximate surface area is 120 Å². The molecule has 1 unspecified atom stereocenters. The number of nitrogens with zero attached hydrogens (tertiary/aromatic N) is 1. The SMILES string of the molecule is CCC1CC(=O)N(CC2(CBr)CCCCCC2)C1. The third-order valence-corrected chi connectivity index (χ3v) is 6.04. The van der Waals surface area contributed by atoms with Crippen LogP contribution in [0.15, 0.2) is 0 Å². The van der Waals surface area contributed by atoms with E-state index in [1.54, 1.807) is 0 Å². The number of likely N-dealkylation sites (tertiary alicyclic amines) is 1. The van der Waals surface area contributed by atoms with Crippen molar-refractivity contribution in [3.8, 4) is 0 Å². The smallest absolute Gasteiger partial charge is 0.222 e. The first kappa shape index (κ1) is 14.4. The molecule has 18 heavy (non-hydrogen) atoms. The highest BCUT2D eigenvalue weighted by Gasteiger charge is 2.37. The van der Waals surface area contributed by atoms with Gasteiger partial charge in [0.25, 0.3) is 0 Å². The summed E-state index contributed by atoms with van der Waals surface area (Å²) in [5, 5.41) is 1.06. The van der Waals surface area contributed by atoms with Crippen molar-refractivity contribution >= 4 is 21.8 Å². The summed E-state index contributed by atoms with van der Waals surface area (Å²) in [6.45, 7) is 4.20. The van der Waals surface area contributed by atoms with Crippen molar-refractivity contribution in [3.63, 3.8) is 0 Å². The Morgan fingerprint density at radius 2 is 1.94 bits per heavy atom. The molecule has 1 saturated heterocycles. The maximum atomic E-state index is 12.1. The Bertz CT molecular complexity index is 284. The topological polar surface area (TPSA) is 20.3 Å². The summed E-state index contributed by atoms with van der Waals surface area (Å²) in [5.41, 5.74) is 0.356. The minimum Gasteiger partial charge on any atom is -0.342 e. The molecule has 1 amide bonds. The molecule has 1 saturated carbocycles. The monoisotopic (exact) mass is 315 g/mol. The number of carbonyl (C=O) groups excluding carboxylic acids is 1. The molecule has 0 aromatic heterocycles. The number of carbonyl (C=O) groups is 1. The van der Waals surface area contributed by atoms with Crippen LogP contribution in [-0.2, 0) is 4.79 Å². The number of alkyl halides is 1. The molecule has 3 heteroatoms. The molecule has 1 aliphatic carbocycles. The van der Waals surface area contributed by atoms with Crippen molar-refractivity contribution in [2.75, 3.05) is 18.4 Å². The first-order valence-corrected chi connectivity index (χ1v) is 8.65. The Hall–Kier alpha value is -0.0500. The number of amides is 1. The fraction of sp³-hybridized carbons (Fsp3) is 0.933. The van der Waals surface area contributed by atoms with Crippen LogP contribution in [0.4, 0.5) is 0 Å². The molecule has 2 nitrogen and oxygen atoms in total. The lowest BCUT2D eigenvalue weighted by molar-refractivity contribution is -0.129. The summed E-state index contributed by atoms with van der Waals surface area (Å²) >= 11 is 3.72. The molecule has 1 aliphatic heterocycles. The molecule has 2 rings (SSSR count). The normalized spacial score (nSPS) is 28.4. The van der Waals surface area contributed by atoms with E-state index in [1.165, 1.54) is 38.5 Å². The quantitative estimate of drug-likeness (QED) is 0.567. The van der Waals surface area contributed by atoms with Gasteiger partial charge in [0.2, 0.25) is 5.91 Å². The molecular formula is C15H26BrNO. The molecular weight excluding hydrogens is 290 g/mol. The fourth-order valence-corrected chi connectivity index (χ4v) is 4.24. The molecule has 2 aliphatic rings. The molecule has 0 spiro atoms. The summed E-state index contributed by atoms with van der Waals surface area (Å²) in [6, 6.07) is 0. The molecule has 0 bridgehead atoms. The van der Waals surface area contributed by atoms with E-state index in [-0.39, 0.29) is 0 Å². The summed E-state index contributed by atoms with van der Waals surface area (Å²) < 4.78 is 0. The highest BCUT2D eigenvalue weighted by molar-refractivity contribution is 9.09. The zero-order valence-electron chi connectivity index (χ0n) is 11.6. The molecule has 0 aromatic rings. The van der Waals surface area contributed by atoms with Gasteiger partial charge in [0, 0.05) is 24.8 Å². The predicted octanol–water partition coefficient (Wildman–Crippen LogP) is 3.98. The third-order valence-electron chi connectivity index (χ3n) is 4.85.